The molecule has 0 spiro atoms. The number of rotatable bonds is 2. The van der Waals surface area contributed by atoms with Gasteiger partial charge in [-0.3, -0.25) is 4.68 Å². The molecule has 16 heavy (non-hydrogen) atoms. The van der Waals surface area contributed by atoms with Crippen LogP contribution in [0.3, 0.4) is 0 Å². The Bertz CT molecular complexity index is 334. The topological polar surface area (TPSA) is 17.0 Å². The first-order valence-electron chi connectivity index (χ1n) is 6.49. The van der Waals surface area contributed by atoms with Gasteiger partial charge in [-0.25, -0.2) is 0 Å². The summed E-state index contributed by atoms with van der Waals surface area (Å²) in [5, 5.41) is 0. The Morgan fingerprint density at radius 3 is 2.38 bits per heavy atom. The summed E-state index contributed by atoms with van der Waals surface area (Å²) in [7, 11) is 0. The van der Waals surface area contributed by atoms with Gasteiger partial charge in [0.1, 0.15) is 0 Å². The van der Waals surface area contributed by atoms with E-state index in [4.69, 9.17) is 0 Å². The summed E-state index contributed by atoms with van der Waals surface area (Å²) in [5.74, 6) is 1.65. The van der Waals surface area contributed by atoms with Gasteiger partial charge in [0, 0.05) is 17.4 Å². The van der Waals surface area contributed by atoms with Crippen molar-refractivity contribution in [3.63, 3.8) is 0 Å². The number of hydrogen-bond acceptors (Lipinski definition) is 1. The maximum atomic E-state index is 3.69. The average molecular weight is 220 g/mol. The fraction of sp³-hybridized carbons (Fsp3) is 0.714. The maximum absolute atomic E-state index is 3.69. The minimum atomic E-state index is 0.633. The molecule has 1 aliphatic rings. The standard InChI is InChI=1S/C14H24N2/c1-10-5-6-11(2)14(9-10)15-16-12(3)7-8-13(16)4/h7-8,10-11,14-15H,5-6,9H2,1-4H3. The van der Waals surface area contributed by atoms with Crippen molar-refractivity contribution in [3.8, 4) is 0 Å². The van der Waals surface area contributed by atoms with Crippen LogP contribution < -0.4 is 5.43 Å². The van der Waals surface area contributed by atoms with Crippen molar-refractivity contribution in [1.82, 2.24) is 4.68 Å². The van der Waals surface area contributed by atoms with Crippen molar-refractivity contribution in [2.75, 3.05) is 5.43 Å². The van der Waals surface area contributed by atoms with Gasteiger partial charge in [-0.1, -0.05) is 20.3 Å². The van der Waals surface area contributed by atoms with Gasteiger partial charge in [-0.15, -0.1) is 0 Å². The molecule has 2 rings (SSSR count). The zero-order chi connectivity index (χ0) is 11.7. The van der Waals surface area contributed by atoms with Crippen molar-refractivity contribution in [2.24, 2.45) is 11.8 Å². The van der Waals surface area contributed by atoms with E-state index in [0.717, 1.165) is 11.8 Å². The van der Waals surface area contributed by atoms with Crippen LogP contribution in [0.5, 0.6) is 0 Å². The Balaban J connectivity index is 2.08. The monoisotopic (exact) mass is 220 g/mol. The van der Waals surface area contributed by atoms with Gasteiger partial charge in [0.05, 0.1) is 0 Å². The highest BCUT2D eigenvalue weighted by atomic mass is 15.4. The first-order chi connectivity index (χ1) is 7.58. The Morgan fingerprint density at radius 2 is 1.75 bits per heavy atom. The summed E-state index contributed by atoms with van der Waals surface area (Å²) in [4.78, 5) is 0. The summed E-state index contributed by atoms with van der Waals surface area (Å²) >= 11 is 0. The molecular weight excluding hydrogens is 196 g/mol. The largest absolute Gasteiger partial charge is 0.323 e. The van der Waals surface area contributed by atoms with Gasteiger partial charge in [0.2, 0.25) is 0 Å². The summed E-state index contributed by atoms with van der Waals surface area (Å²) in [6.07, 6.45) is 4.05. The molecule has 0 saturated heterocycles. The highest BCUT2D eigenvalue weighted by Crippen LogP contribution is 2.29. The molecule has 3 atom stereocenters. The molecule has 1 aromatic rings. The van der Waals surface area contributed by atoms with Crippen molar-refractivity contribution in [1.29, 1.82) is 0 Å². The molecule has 1 heterocycles. The SMILES string of the molecule is Cc1ccc(C)n1NC1CC(C)CCC1C. The van der Waals surface area contributed by atoms with Crippen LogP contribution in [0.15, 0.2) is 12.1 Å². The predicted molar refractivity (Wildman–Crippen MR) is 69.2 cm³/mol. The smallest absolute Gasteiger partial charge is 0.0452 e. The van der Waals surface area contributed by atoms with Crippen molar-refractivity contribution >= 4 is 0 Å². The van der Waals surface area contributed by atoms with Crippen LogP contribution in [-0.4, -0.2) is 10.7 Å². The van der Waals surface area contributed by atoms with E-state index in [2.05, 4.69) is 49.9 Å². The zero-order valence-corrected chi connectivity index (χ0v) is 11.0. The van der Waals surface area contributed by atoms with Crippen LogP contribution in [0.25, 0.3) is 0 Å². The molecule has 3 unspecified atom stereocenters. The van der Waals surface area contributed by atoms with E-state index < -0.39 is 0 Å². The molecule has 1 saturated carbocycles. The predicted octanol–water partition coefficient (Wildman–Crippen LogP) is 3.47. The van der Waals surface area contributed by atoms with E-state index in [0.29, 0.717) is 6.04 Å². The minimum Gasteiger partial charge on any atom is -0.323 e. The third-order valence-corrected chi connectivity index (χ3v) is 4.02. The zero-order valence-electron chi connectivity index (χ0n) is 11.0. The normalized spacial score (nSPS) is 30.4. The Hall–Kier alpha value is -0.920. The van der Waals surface area contributed by atoms with Gasteiger partial charge < -0.3 is 5.43 Å². The number of nitrogens with one attached hydrogen (secondary N) is 1. The second-order valence-corrected chi connectivity index (χ2v) is 5.58. The molecule has 1 aliphatic carbocycles. The van der Waals surface area contributed by atoms with Crippen LogP contribution in [-0.2, 0) is 0 Å². The van der Waals surface area contributed by atoms with Crippen molar-refractivity contribution < 1.29 is 0 Å². The lowest BCUT2D eigenvalue weighted by atomic mass is 9.80. The van der Waals surface area contributed by atoms with Crippen LogP contribution in [0, 0.1) is 25.7 Å². The molecular formula is C14H24N2. The number of nitrogens with zero attached hydrogens (tertiary/aromatic N) is 1. The van der Waals surface area contributed by atoms with E-state index in [-0.39, 0.29) is 0 Å². The molecule has 0 amide bonds. The van der Waals surface area contributed by atoms with Gasteiger partial charge >= 0.3 is 0 Å². The molecule has 2 nitrogen and oxygen atoms in total. The fourth-order valence-electron chi connectivity index (χ4n) is 2.75. The Morgan fingerprint density at radius 1 is 1.12 bits per heavy atom. The average Bonchev–Trinajstić information content (AvgIpc) is 2.55. The van der Waals surface area contributed by atoms with Crippen LogP contribution in [0.2, 0.25) is 0 Å². The van der Waals surface area contributed by atoms with Gasteiger partial charge in [-0.05, 0) is 50.7 Å². The highest BCUT2D eigenvalue weighted by molar-refractivity contribution is 5.16. The number of hydrogen-bond donors (Lipinski definition) is 1. The molecule has 0 aromatic carbocycles. The third kappa shape index (κ3) is 2.26. The molecule has 0 aliphatic heterocycles. The lowest BCUT2D eigenvalue weighted by molar-refractivity contribution is 0.267. The second kappa shape index (κ2) is 4.52. The summed E-state index contributed by atoms with van der Waals surface area (Å²) in [6, 6.07) is 4.99. The van der Waals surface area contributed by atoms with Crippen LogP contribution in [0.4, 0.5) is 0 Å². The van der Waals surface area contributed by atoms with Gasteiger partial charge in [0.15, 0.2) is 0 Å². The van der Waals surface area contributed by atoms with E-state index in [9.17, 15) is 0 Å². The quantitative estimate of drug-likeness (QED) is 0.807. The molecule has 90 valence electrons. The molecule has 2 heteroatoms. The molecule has 0 radical (unpaired) electrons. The van der Waals surface area contributed by atoms with Gasteiger partial charge in [-0.2, -0.15) is 0 Å². The third-order valence-electron chi connectivity index (χ3n) is 4.02. The maximum Gasteiger partial charge on any atom is 0.0452 e. The van der Waals surface area contributed by atoms with Crippen LogP contribution in [0.1, 0.15) is 44.5 Å². The fourth-order valence-corrected chi connectivity index (χ4v) is 2.75. The van der Waals surface area contributed by atoms with E-state index in [1.807, 2.05) is 0 Å². The first kappa shape index (κ1) is 11.6. The van der Waals surface area contributed by atoms with Gasteiger partial charge in [0.25, 0.3) is 0 Å². The lowest BCUT2D eigenvalue weighted by Gasteiger charge is -2.35. The van der Waals surface area contributed by atoms with E-state index in [1.54, 1.807) is 0 Å². The molecule has 1 N–H and O–H groups in total. The van der Waals surface area contributed by atoms with Crippen molar-refractivity contribution in [3.05, 3.63) is 23.5 Å². The number of aryl methyl sites for hydroxylation is 2. The lowest BCUT2D eigenvalue weighted by Crippen LogP contribution is -2.38. The Kier molecular flexibility index (Phi) is 3.27. The van der Waals surface area contributed by atoms with E-state index in [1.165, 1.54) is 30.7 Å². The molecule has 0 bridgehead atoms. The summed E-state index contributed by atoms with van der Waals surface area (Å²) < 4.78 is 2.25. The second-order valence-electron chi connectivity index (χ2n) is 5.58. The molecule has 1 aromatic heterocycles. The van der Waals surface area contributed by atoms with E-state index >= 15 is 0 Å². The number of aromatic nitrogens is 1. The molecule has 1 fully saturated rings. The first-order valence-corrected chi connectivity index (χ1v) is 6.49. The van der Waals surface area contributed by atoms with Crippen LogP contribution >= 0.6 is 0 Å². The highest BCUT2D eigenvalue weighted by Gasteiger charge is 2.25. The van der Waals surface area contributed by atoms with Crippen molar-refractivity contribution in [2.45, 2.75) is 53.0 Å². The minimum absolute atomic E-state index is 0.633. The summed E-state index contributed by atoms with van der Waals surface area (Å²) in [6.45, 7) is 9.07. The Labute approximate surface area is 99.0 Å². The summed E-state index contributed by atoms with van der Waals surface area (Å²) in [5.41, 5.74) is 6.31.